The highest BCUT2D eigenvalue weighted by molar-refractivity contribution is 5.92. The summed E-state index contributed by atoms with van der Waals surface area (Å²) in [5, 5.41) is 11.6. The molecule has 7 heteroatoms. The van der Waals surface area contributed by atoms with Gasteiger partial charge in [0.2, 0.25) is 5.88 Å². The van der Waals surface area contributed by atoms with Crippen LogP contribution in [0.2, 0.25) is 0 Å². The first-order chi connectivity index (χ1) is 10.8. The molecule has 2 aromatic rings. The minimum absolute atomic E-state index is 0.0598. The van der Waals surface area contributed by atoms with Gasteiger partial charge in [0.05, 0.1) is 6.54 Å². The Balaban J connectivity index is 1.38. The quantitative estimate of drug-likeness (QED) is 0.853. The second-order valence-electron chi connectivity index (χ2n) is 5.73. The van der Waals surface area contributed by atoms with Gasteiger partial charge in [-0.15, -0.1) is 5.10 Å². The fraction of sp³-hybridized carbons (Fsp3) is 0.467. The summed E-state index contributed by atoms with van der Waals surface area (Å²) in [4.78, 5) is 14.2. The Morgan fingerprint density at radius 2 is 2.27 bits per heavy atom. The minimum atomic E-state index is -0.0964. The Hall–Kier alpha value is -2.44. The first kappa shape index (κ1) is 13.2. The third-order valence-corrected chi connectivity index (χ3v) is 3.99. The van der Waals surface area contributed by atoms with Crippen molar-refractivity contribution in [2.24, 2.45) is 0 Å². The van der Waals surface area contributed by atoms with E-state index >= 15 is 0 Å². The average Bonchev–Trinajstić information content (AvgIpc) is 3.10. The second-order valence-corrected chi connectivity index (χ2v) is 5.73. The van der Waals surface area contributed by atoms with Crippen LogP contribution >= 0.6 is 0 Å². The molecule has 0 bridgehead atoms. The average molecular weight is 300 g/mol. The van der Waals surface area contributed by atoms with Crippen LogP contribution in [0.1, 0.15) is 41.4 Å². The number of carbonyl (C=O) groups is 1. The number of rotatable bonds is 4. The van der Waals surface area contributed by atoms with E-state index in [9.17, 15) is 4.79 Å². The SMILES string of the molecule is O=C(c1cc(C2CC2)on1)N1CC[C@@H](Oc2cccnn2)C1. The molecule has 114 valence electrons. The Labute approximate surface area is 127 Å². The van der Waals surface area contributed by atoms with Crippen molar-refractivity contribution in [3.63, 3.8) is 0 Å². The van der Waals surface area contributed by atoms with Gasteiger partial charge in [0, 0.05) is 37.2 Å². The molecule has 0 N–H and O–H groups in total. The first-order valence-corrected chi connectivity index (χ1v) is 7.50. The Morgan fingerprint density at radius 3 is 3.05 bits per heavy atom. The fourth-order valence-electron chi connectivity index (χ4n) is 2.64. The number of hydrogen-bond acceptors (Lipinski definition) is 6. The molecule has 1 amide bonds. The molecule has 0 aromatic carbocycles. The van der Waals surface area contributed by atoms with Crippen molar-refractivity contribution in [1.29, 1.82) is 0 Å². The molecule has 2 aromatic heterocycles. The Bertz CT molecular complexity index is 668. The maximum Gasteiger partial charge on any atom is 0.276 e. The summed E-state index contributed by atoms with van der Waals surface area (Å²) >= 11 is 0. The number of hydrogen-bond donors (Lipinski definition) is 0. The van der Waals surface area contributed by atoms with Crippen molar-refractivity contribution < 1.29 is 14.1 Å². The summed E-state index contributed by atoms with van der Waals surface area (Å²) in [6, 6.07) is 5.31. The van der Waals surface area contributed by atoms with E-state index in [1.54, 1.807) is 29.3 Å². The van der Waals surface area contributed by atoms with Gasteiger partial charge < -0.3 is 14.2 Å². The molecule has 1 atom stereocenters. The molecule has 22 heavy (non-hydrogen) atoms. The Kier molecular flexibility index (Phi) is 3.25. The maximum atomic E-state index is 12.4. The summed E-state index contributed by atoms with van der Waals surface area (Å²) in [5.74, 6) is 1.68. The van der Waals surface area contributed by atoms with E-state index in [1.165, 1.54) is 0 Å². The number of nitrogens with zero attached hydrogens (tertiary/aromatic N) is 4. The third kappa shape index (κ3) is 2.66. The number of ether oxygens (including phenoxy) is 1. The largest absolute Gasteiger partial charge is 0.471 e. The molecule has 7 nitrogen and oxygen atoms in total. The molecule has 1 aliphatic carbocycles. The van der Waals surface area contributed by atoms with Crippen LogP contribution in [0.3, 0.4) is 0 Å². The fourth-order valence-corrected chi connectivity index (χ4v) is 2.64. The van der Waals surface area contributed by atoms with Gasteiger partial charge >= 0.3 is 0 Å². The highest BCUT2D eigenvalue weighted by Crippen LogP contribution is 2.40. The van der Waals surface area contributed by atoms with E-state index in [4.69, 9.17) is 9.26 Å². The van der Waals surface area contributed by atoms with Crippen molar-refractivity contribution in [3.8, 4) is 5.88 Å². The number of likely N-dealkylation sites (tertiary alicyclic amines) is 1. The molecular weight excluding hydrogens is 284 g/mol. The lowest BCUT2D eigenvalue weighted by atomic mass is 10.2. The highest BCUT2D eigenvalue weighted by Gasteiger charge is 2.32. The van der Waals surface area contributed by atoms with E-state index < -0.39 is 0 Å². The number of aromatic nitrogens is 3. The first-order valence-electron chi connectivity index (χ1n) is 7.50. The lowest BCUT2D eigenvalue weighted by Crippen LogP contribution is -2.31. The van der Waals surface area contributed by atoms with E-state index in [-0.39, 0.29) is 12.0 Å². The molecule has 0 unspecified atom stereocenters. The third-order valence-electron chi connectivity index (χ3n) is 3.99. The van der Waals surface area contributed by atoms with Crippen LogP contribution in [0, 0.1) is 0 Å². The van der Waals surface area contributed by atoms with E-state index in [0.717, 1.165) is 25.0 Å². The van der Waals surface area contributed by atoms with Crippen LogP contribution in [0.4, 0.5) is 0 Å². The van der Waals surface area contributed by atoms with Crippen LogP contribution in [-0.4, -0.2) is 45.4 Å². The zero-order valence-electron chi connectivity index (χ0n) is 12.0. The monoisotopic (exact) mass is 300 g/mol. The summed E-state index contributed by atoms with van der Waals surface area (Å²) in [6.07, 6.45) is 4.56. The van der Waals surface area contributed by atoms with Gasteiger partial charge in [-0.05, 0) is 18.9 Å². The minimum Gasteiger partial charge on any atom is -0.471 e. The molecule has 0 radical (unpaired) electrons. The second kappa shape index (κ2) is 5.40. The van der Waals surface area contributed by atoms with Gasteiger partial charge in [-0.25, -0.2) is 0 Å². The smallest absolute Gasteiger partial charge is 0.276 e. The van der Waals surface area contributed by atoms with Gasteiger partial charge in [0.1, 0.15) is 11.9 Å². The van der Waals surface area contributed by atoms with Crippen molar-refractivity contribution in [1.82, 2.24) is 20.3 Å². The van der Waals surface area contributed by atoms with Crippen molar-refractivity contribution in [2.45, 2.75) is 31.3 Å². The molecule has 4 rings (SSSR count). The van der Waals surface area contributed by atoms with Crippen molar-refractivity contribution >= 4 is 5.91 Å². The summed E-state index contributed by atoms with van der Waals surface area (Å²) < 4.78 is 11.0. The van der Waals surface area contributed by atoms with Gasteiger partial charge in [0.15, 0.2) is 5.69 Å². The lowest BCUT2D eigenvalue weighted by molar-refractivity contribution is 0.0760. The normalized spacial score (nSPS) is 21.1. The standard InChI is InChI=1S/C15H16N4O3/c20-15(12-8-13(22-18-12)10-3-4-10)19-7-5-11(9-19)21-14-2-1-6-16-17-14/h1-2,6,8,10-11H,3-5,7,9H2/t11-/m1/s1. The molecule has 2 fully saturated rings. The number of carbonyl (C=O) groups excluding carboxylic acids is 1. The van der Waals surface area contributed by atoms with Gasteiger partial charge in [0.25, 0.3) is 5.91 Å². The molecule has 2 aliphatic rings. The lowest BCUT2D eigenvalue weighted by Gasteiger charge is -2.15. The summed E-state index contributed by atoms with van der Waals surface area (Å²) in [5.41, 5.74) is 0.391. The summed E-state index contributed by atoms with van der Waals surface area (Å²) in [7, 11) is 0. The van der Waals surface area contributed by atoms with Crippen molar-refractivity contribution in [3.05, 3.63) is 35.9 Å². The summed E-state index contributed by atoms with van der Waals surface area (Å²) in [6.45, 7) is 1.18. The molecule has 1 saturated carbocycles. The maximum absolute atomic E-state index is 12.4. The zero-order chi connectivity index (χ0) is 14.9. The number of amides is 1. The van der Waals surface area contributed by atoms with Crippen LogP contribution in [0.5, 0.6) is 5.88 Å². The molecule has 3 heterocycles. The van der Waals surface area contributed by atoms with E-state index in [0.29, 0.717) is 30.6 Å². The molecular formula is C15H16N4O3. The predicted molar refractivity (Wildman–Crippen MR) is 75.4 cm³/mol. The highest BCUT2D eigenvalue weighted by atomic mass is 16.5. The van der Waals surface area contributed by atoms with Crippen molar-refractivity contribution in [2.75, 3.05) is 13.1 Å². The van der Waals surface area contributed by atoms with E-state index in [2.05, 4.69) is 15.4 Å². The molecule has 0 spiro atoms. The van der Waals surface area contributed by atoms with Gasteiger partial charge in [-0.3, -0.25) is 4.79 Å². The van der Waals surface area contributed by atoms with Crippen LogP contribution in [0.15, 0.2) is 28.9 Å². The van der Waals surface area contributed by atoms with Gasteiger partial charge in [-0.2, -0.15) is 5.10 Å². The van der Waals surface area contributed by atoms with Gasteiger partial charge in [-0.1, -0.05) is 5.16 Å². The van der Waals surface area contributed by atoms with E-state index in [1.807, 2.05) is 0 Å². The predicted octanol–water partition coefficient (Wildman–Crippen LogP) is 1.64. The molecule has 1 aliphatic heterocycles. The Morgan fingerprint density at radius 1 is 1.36 bits per heavy atom. The molecule has 1 saturated heterocycles. The zero-order valence-corrected chi connectivity index (χ0v) is 12.0. The van der Waals surface area contributed by atoms with Crippen LogP contribution in [0.25, 0.3) is 0 Å². The topological polar surface area (TPSA) is 81.4 Å². The van der Waals surface area contributed by atoms with Crippen LogP contribution < -0.4 is 4.74 Å². The van der Waals surface area contributed by atoms with Crippen LogP contribution in [-0.2, 0) is 0 Å².